The number of methoxy groups -OCH3 is 1. The number of nitrogens with zero attached hydrogens (tertiary/aromatic N) is 1. The van der Waals surface area contributed by atoms with Crippen molar-refractivity contribution in [2.75, 3.05) is 37.9 Å². The largest absolute Gasteiger partial charge is 0.495 e. The molecule has 0 bridgehead atoms. The average molecular weight is 474 g/mol. The molecule has 2 amide bonds. The topological polar surface area (TPSA) is 114 Å². The van der Waals surface area contributed by atoms with Gasteiger partial charge in [-0.05, 0) is 24.3 Å². The number of likely N-dealkylation sites (N-methyl/N-ethyl adjacent to an activating group) is 1. The van der Waals surface area contributed by atoms with E-state index < -0.39 is 22.5 Å². The molecule has 3 rings (SSSR count). The number of ether oxygens (including phenoxy) is 2. The van der Waals surface area contributed by atoms with E-state index in [9.17, 15) is 18.0 Å². The van der Waals surface area contributed by atoms with Crippen LogP contribution < -0.4 is 20.1 Å². The van der Waals surface area contributed by atoms with Gasteiger partial charge in [0.15, 0.2) is 6.61 Å². The normalized spacial score (nSPS) is 13.3. The first-order valence-corrected chi connectivity index (χ1v) is 10.7. The Morgan fingerprint density at radius 1 is 1.30 bits per heavy atom. The Morgan fingerprint density at radius 2 is 2.03 bits per heavy atom. The number of carbonyl (C=O) groups is 2. The highest BCUT2D eigenvalue weighted by Crippen LogP contribution is 2.36. The summed E-state index contributed by atoms with van der Waals surface area (Å²) >= 11 is 12.1. The molecule has 0 spiro atoms. The molecule has 2 N–H and O–H groups in total. The maximum absolute atomic E-state index is 12.9. The molecule has 0 fully saturated rings. The van der Waals surface area contributed by atoms with Crippen LogP contribution in [0.2, 0.25) is 10.0 Å². The van der Waals surface area contributed by atoms with Crippen LogP contribution in [0.25, 0.3) is 0 Å². The van der Waals surface area contributed by atoms with Crippen LogP contribution in [0.15, 0.2) is 35.2 Å². The van der Waals surface area contributed by atoms with Gasteiger partial charge in [-0.25, -0.2) is 8.42 Å². The van der Waals surface area contributed by atoms with Crippen molar-refractivity contribution in [2.45, 2.75) is 4.90 Å². The smallest absolute Gasteiger partial charge is 0.262 e. The Balaban J connectivity index is 1.79. The molecule has 30 heavy (non-hydrogen) atoms. The fraction of sp³-hybridized carbons (Fsp3) is 0.222. The van der Waals surface area contributed by atoms with Crippen molar-refractivity contribution < 1.29 is 27.5 Å². The van der Waals surface area contributed by atoms with Crippen LogP contribution in [0.3, 0.4) is 0 Å². The summed E-state index contributed by atoms with van der Waals surface area (Å²) in [7, 11) is -1.47. The zero-order valence-electron chi connectivity index (χ0n) is 15.9. The second-order valence-electron chi connectivity index (χ2n) is 6.27. The molecule has 0 unspecified atom stereocenters. The summed E-state index contributed by atoms with van der Waals surface area (Å²) in [6, 6.07) is 7.14. The van der Waals surface area contributed by atoms with Gasteiger partial charge < -0.3 is 20.1 Å². The molecule has 1 aliphatic heterocycles. The van der Waals surface area contributed by atoms with Gasteiger partial charge in [0.2, 0.25) is 15.9 Å². The lowest BCUT2D eigenvalue weighted by molar-refractivity contribution is -0.118. The van der Waals surface area contributed by atoms with E-state index in [2.05, 4.69) is 10.6 Å². The number of carbonyl (C=O) groups excluding carboxylic acids is 2. The van der Waals surface area contributed by atoms with E-state index in [1.165, 1.54) is 32.4 Å². The molecule has 1 heterocycles. The molecule has 0 aliphatic carbocycles. The van der Waals surface area contributed by atoms with Gasteiger partial charge in [-0.2, -0.15) is 4.31 Å². The van der Waals surface area contributed by atoms with Crippen molar-refractivity contribution in [1.29, 1.82) is 0 Å². The molecule has 12 heteroatoms. The van der Waals surface area contributed by atoms with Crippen LogP contribution in [0.5, 0.6) is 11.5 Å². The number of hydrogen-bond acceptors (Lipinski definition) is 6. The number of amides is 2. The van der Waals surface area contributed by atoms with Crippen molar-refractivity contribution in [2.24, 2.45) is 0 Å². The quantitative estimate of drug-likeness (QED) is 0.666. The van der Waals surface area contributed by atoms with Crippen molar-refractivity contribution in [3.05, 3.63) is 40.4 Å². The fourth-order valence-corrected chi connectivity index (χ4v) is 4.51. The Labute approximate surface area is 182 Å². The second kappa shape index (κ2) is 8.68. The predicted molar refractivity (Wildman–Crippen MR) is 112 cm³/mol. The van der Waals surface area contributed by atoms with Crippen LogP contribution in [0.4, 0.5) is 11.4 Å². The molecule has 0 atom stereocenters. The molecule has 0 radical (unpaired) electrons. The number of anilines is 2. The summed E-state index contributed by atoms with van der Waals surface area (Å²) < 4.78 is 37.1. The first-order chi connectivity index (χ1) is 14.1. The lowest BCUT2D eigenvalue weighted by atomic mass is 10.2. The lowest BCUT2D eigenvalue weighted by Gasteiger charge is -2.22. The maximum Gasteiger partial charge on any atom is 0.262 e. The van der Waals surface area contributed by atoms with Gasteiger partial charge in [0.05, 0.1) is 30.1 Å². The molecule has 160 valence electrons. The van der Waals surface area contributed by atoms with Crippen molar-refractivity contribution in [1.82, 2.24) is 4.31 Å². The van der Waals surface area contributed by atoms with Crippen molar-refractivity contribution >= 4 is 56.4 Å². The number of hydrogen-bond donors (Lipinski definition) is 2. The number of halogens is 2. The zero-order chi connectivity index (χ0) is 22.1. The molecule has 0 aromatic heterocycles. The number of nitrogens with one attached hydrogen (secondary N) is 2. The highest BCUT2D eigenvalue weighted by Gasteiger charge is 2.29. The highest BCUT2D eigenvalue weighted by molar-refractivity contribution is 7.89. The third-order valence-electron chi connectivity index (χ3n) is 4.16. The highest BCUT2D eigenvalue weighted by atomic mass is 35.5. The summed E-state index contributed by atoms with van der Waals surface area (Å²) in [6.07, 6.45) is 0. The van der Waals surface area contributed by atoms with Crippen LogP contribution in [0, 0.1) is 0 Å². The molecule has 1 aliphatic rings. The van der Waals surface area contributed by atoms with Crippen LogP contribution in [0.1, 0.15) is 0 Å². The number of benzene rings is 2. The van der Waals surface area contributed by atoms with E-state index in [1.54, 1.807) is 12.1 Å². The minimum atomic E-state index is -4.14. The standard InChI is InChI=1S/C18H17Cl2N3O6S/c1-23(8-17(24)21-12-5-10(19)3-4-14(12)28-2)30(26,27)16-7-15-13(6-11(16)20)22-18(25)9-29-15/h3-7H,8-9H2,1-2H3,(H,21,24)(H,22,25). The summed E-state index contributed by atoms with van der Waals surface area (Å²) in [5.41, 5.74) is 0.570. The summed E-state index contributed by atoms with van der Waals surface area (Å²) in [5.74, 6) is -0.451. The third-order valence-corrected chi connectivity index (χ3v) is 6.66. The van der Waals surface area contributed by atoms with Gasteiger partial charge in [-0.3, -0.25) is 9.59 Å². The molecular formula is C18H17Cl2N3O6S. The summed E-state index contributed by atoms with van der Waals surface area (Å²) in [6.45, 7) is -0.739. The zero-order valence-corrected chi connectivity index (χ0v) is 18.2. The van der Waals surface area contributed by atoms with Crippen LogP contribution in [-0.2, 0) is 19.6 Å². The molecule has 9 nitrogen and oxygen atoms in total. The Hall–Kier alpha value is -2.53. The Morgan fingerprint density at radius 3 is 2.73 bits per heavy atom. The summed E-state index contributed by atoms with van der Waals surface area (Å²) in [4.78, 5) is 23.6. The van der Waals surface area contributed by atoms with Crippen molar-refractivity contribution in [3.8, 4) is 11.5 Å². The van der Waals surface area contributed by atoms with E-state index in [0.29, 0.717) is 16.5 Å². The average Bonchev–Trinajstić information content (AvgIpc) is 2.67. The number of rotatable bonds is 6. The number of fused-ring (bicyclic) bond motifs is 1. The molecule has 2 aromatic carbocycles. The molecule has 2 aromatic rings. The Kier molecular flexibility index (Phi) is 6.41. The van der Waals surface area contributed by atoms with E-state index >= 15 is 0 Å². The third kappa shape index (κ3) is 4.62. The minimum absolute atomic E-state index is 0.122. The van der Waals surface area contributed by atoms with Crippen LogP contribution in [-0.4, -0.2) is 51.8 Å². The maximum atomic E-state index is 12.9. The SMILES string of the molecule is COc1ccc(Cl)cc1NC(=O)CN(C)S(=O)(=O)c1cc2c(cc1Cl)NC(=O)CO2. The second-order valence-corrected chi connectivity index (χ2v) is 9.13. The van der Waals surface area contributed by atoms with Gasteiger partial charge in [-0.1, -0.05) is 23.2 Å². The van der Waals surface area contributed by atoms with E-state index in [0.717, 1.165) is 4.31 Å². The Bertz CT molecular complexity index is 1120. The van der Waals surface area contributed by atoms with Crippen molar-refractivity contribution in [3.63, 3.8) is 0 Å². The van der Waals surface area contributed by atoms with E-state index in [4.69, 9.17) is 32.7 Å². The van der Waals surface area contributed by atoms with Crippen LogP contribution >= 0.6 is 23.2 Å². The predicted octanol–water partition coefficient (Wildman–Crippen LogP) is 2.59. The number of sulfonamides is 1. The minimum Gasteiger partial charge on any atom is -0.495 e. The monoisotopic (exact) mass is 473 g/mol. The first-order valence-electron chi connectivity index (χ1n) is 8.47. The fourth-order valence-electron chi connectivity index (χ4n) is 2.70. The first kappa shape index (κ1) is 22.2. The van der Waals surface area contributed by atoms with Gasteiger partial charge in [0.25, 0.3) is 5.91 Å². The van der Waals surface area contributed by atoms with E-state index in [1.807, 2.05) is 0 Å². The molecule has 0 saturated carbocycles. The van der Waals surface area contributed by atoms with E-state index in [-0.39, 0.29) is 33.9 Å². The summed E-state index contributed by atoms with van der Waals surface area (Å²) in [5, 5.41) is 5.36. The molecular weight excluding hydrogens is 457 g/mol. The van der Waals surface area contributed by atoms with Gasteiger partial charge in [-0.15, -0.1) is 0 Å². The van der Waals surface area contributed by atoms with Gasteiger partial charge in [0.1, 0.15) is 16.4 Å². The van der Waals surface area contributed by atoms with Gasteiger partial charge in [0, 0.05) is 18.1 Å². The van der Waals surface area contributed by atoms with Gasteiger partial charge >= 0.3 is 0 Å². The lowest BCUT2D eigenvalue weighted by Crippen LogP contribution is -2.35. The molecule has 0 saturated heterocycles.